The maximum atomic E-state index is 9.39. The molecule has 1 fully saturated rings. The highest BCUT2D eigenvalue weighted by atomic mass is 32.2. The minimum atomic E-state index is -0.217. The van der Waals surface area contributed by atoms with Crippen molar-refractivity contribution in [3.05, 3.63) is 0 Å². The van der Waals surface area contributed by atoms with E-state index in [4.69, 9.17) is 0 Å². The zero-order valence-corrected chi connectivity index (χ0v) is 7.23. The van der Waals surface area contributed by atoms with Gasteiger partial charge in [-0.2, -0.15) is 11.8 Å². The molecular formula is C7H15NOS. The van der Waals surface area contributed by atoms with E-state index in [9.17, 15) is 5.11 Å². The molecule has 2 nitrogen and oxygen atoms in total. The van der Waals surface area contributed by atoms with Crippen LogP contribution < -0.4 is 0 Å². The minimum Gasteiger partial charge on any atom is -0.378 e. The van der Waals surface area contributed by atoms with Gasteiger partial charge in [-0.25, -0.2) is 0 Å². The van der Waals surface area contributed by atoms with Crippen LogP contribution in [0, 0.1) is 0 Å². The maximum Gasteiger partial charge on any atom is 0.116 e. The number of aliphatic hydroxyl groups is 1. The Kier molecular flexibility index (Phi) is 3.52. The number of nitrogens with zero attached hydrogens (tertiary/aromatic N) is 1. The summed E-state index contributed by atoms with van der Waals surface area (Å²) in [5, 5.41) is 9.39. The standard InChI is InChI=1S/C7H15NOS/c1-8-4-2-3-5-10-6-7(8)9/h7,9H,2-6H2,1H3. The van der Waals surface area contributed by atoms with E-state index >= 15 is 0 Å². The van der Waals surface area contributed by atoms with E-state index in [1.54, 1.807) is 0 Å². The molecule has 0 aromatic heterocycles. The smallest absolute Gasteiger partial charge is 0.116 e. The molecule has 1 aliphatic rings. The molecule has 1 unspecified atom stereocenters. The highest BCUT2D eigenvalue weighted by Crippen LogP contribution is 2.12. The third-order valence-corrected chi connectivity index (χ3v) is 2.94. The molecule has 0 aromatic rings. The van der Waals surface area contributed by atoms with Crippen molar-refractivity contribution in [3.8, 4) is 0 Å². The predicted molar refractivity (Wildman–Crippen MR) is 45.2 cm³/mol. The third-order valence-electron chi connectivity index (χ3n) is 1.83. The van der Waals surface area contributed by atoms with Crippen LogP contribution in [0.15, 0.2) is 0 Å². The van der Waals surface area contributed by atoms with Crippen molar-refractivity contribution in [2.24, 2.45) is 0 Å². The number of hydrogen-bond acceptors (Lipinski definition) is 3. The lowest BCUT2D eigenvalue weighted by atomic mass is 10.3. The summed E-state index contributed by atoms with van der Waals surface area (Å²) in [6.45, 7) is 1.04. The highest BCUT2D eigenvalue weighted by molar-refractivity contribution is 7.99. The number of aliphatic hydroxyl groups excluding tert-OH is 1. The lowest BCUT2D eigenvalue weighted by Gasteiger charge is -2.25. The van der Waals surface area contributed by atoms with E-state index in [0.717, 1.165) is 12.3 Å². The first-order valence-corrected chi connectivity index (χ1v) is 4.92. The molecule has 1 rings (SSSR count). The van der Waals surface area contributed by atoms with E-state index in [1.807, 2.05) is 23.7 Å². The van der Waals surface area contributed by atoms with Crippen LogP contribution in [-0.4, -0.2) is 41.3 Å². The van der Waals surface area contributed by atoms with Crippen molar-refractivity contribution in [1.82, 2.24) is 4.90 Å². The lowest BCUT2D eigenvalue weighted by molar-refractivity contribution is 0.0407. The molecule has 1 N–H and O–H groups in total. The first-order chi connectivity index (χ1) is 4.80. The second-order valence-electron chi connectivity index (χ2n) is 2.74. The summed E-state index contributed by atoms with van der Waals surface area (Å²) in [4.78, 5) is 2.02. The van der Waals surface area contributed by atoms with Gasteiger partial charge in [0.05, 0.1) is 0 Å². The Hall–Kier alpha value is 0.270. The molecule has 0 spiro atoms. The maximum absolute atomic E-state index is 9.39. The van der Waals surface area contributed by atoms with Crippen LogP contribution in [0.2, 0.25) is 0 Å². The zero-order valence-electron chi connectivity index (χ0n) is 6.42. The van der Waals surface area contributed by atoms with E-state index in [2.05, 4.69) is 0 Å². The highest BCUT2D eigenvalue weighted by Gasteiger charge is 2.12. The fourth-order valence-corrected chi connectivity index (χ4v) is 2.07. The van der Waals surface area contributed by atoms with Crippen LogP contribution in [0.3, 0.4) is 0 Å². The molecule has 0 radical (unpaired) electrons. The van der Waals surface area contributed by atoms with Crippen LogP contribution in [0.1, 0.15) is 12.8 Å². The Morgan fingerprint density at radius 3 is 3.10 bits per heavy atom. The Balaban J connectivity index is 2.28. The van der Waals surface area contributed by atoms with E-state index in [1.165, 1.54) is 18.6 Å². The van der Waals surface area contributed by atoms with Gasteiger partial charge >= 0.3 is 0 Å². The topological polar surface area (TPSA) is 23.5 Å². The molecule has 10 heavy (non-hydrogen) atoms. The SMILES string of the molecule is CN1CCCCSCC1O. The second-order valence-corrected chi connectivity index (χ2v) is 3.89. The van der Waals surface area contributed by atoms with Crippen LogP contribution in [-0.2, 0) is 0 Å². The quantitative estimate of drug-likeness (QED) is 0.567. The Morgan fingerprint density at radius 1 is 1.50 bits per heavy atom. The van der Waals surface area contributed by atoms with Gasteiger partial charge in [-0.05, 0) is 25.6 Å². The molecule has 1 atom stereocenters. The Morgan fingerprint density at radius 2 is 2.30 bits per heavy atom. The number of rotatable bonds is 0. The molecule has 1 aliphatic heterocycles. The molecule has 0 bridgehead atoms. The van der Waals surface area contributed by atoms with Crippen molar-refractivity contribution in [2.75, 3.05) is 25.1 Å². The summed E-state index contributed by atoms with van der Waals surface area (Å²) < 4.78 is 0. The minimum absolute atomic E-state index is 0.217. The molecular weight excluding hydrogens is 146 g/mol. The summed E-state index contributed by atoms with van der Waals surface area (Å²) in [5.74, 6) is 2.08. The molecule has 0 aromatic carbocycles. The summed E-state index contributed by atoms with van der Waals surface area (Å²) in [6, 6.07) is 0. The average molecular weight is 161 g/mol. The Labute approximate surface area is 66.6 Å². The van der Waals surface area contributed by atoms with Crippen LogP contribution in [0.25, 0.3) is 0 Å². The fourth-order valence-electron chi connectivity index (χ4n) is 1.03. The van der Waals surface area contributed by atoms with Gasteiger partial charge in [-0.15, -0.1) is 0 Å². The van der Waals surface area contributed by atoms with Gasteiger partial charge in [0.25, 0.3) is 0 Å². The molecule has 60 valence electrons. The second kappa shape index (κ2) is 4.21. The van der Waals surface area contributed by atoms with E-state index in [0.29, 0.717) is 0 Å². The van der Waals surface area contributed by atoms with Gasteiger partial charge in [0.2, 0.25) is 0 Å². The van der Waals surface area contributed by atoms with Crippen molar-refractivity contribution in [2.45, 2.75) is 19.1 Å². The van der Waals surface area contributed by atoms with E-state index in [-0.39, 0.29) is 6.23 Å². The summed E-state index contributed by atoms with van der Waals surface area (Å²) in [7, 11) is 1.98. The lowest BCUT2D eigenvalue weighted by Crippen LogP contribution is -2.35. The van der Waals surface area contributed by atoms with Gasteiger partial charge < -0.3 is 5.11 Å². The van der Waals surface area contributed by atoms with Crippen molar-refractivity contribution in [1.29, 1.82) is 0 Å². The van der Waals surface area contributed by atoms with Gasteiger partial charge in [0.1, 0.15) is 6.23 Å². The molecule has 0 saturated carbocycles. The normalized spacial score (nSPS) is 31.2. The predicted octanol–water partition coefficient (Wildman–Crippen LogP) is 0.764. The monoisotopic (exact) mass is 161 g/mol. The Bertz CT molecular complexity index is 87.6. The summed E-state index contributed by atoms with van der Waals surface area (Å²) in [5.41, 5.74) is 0. The first kappa shape index (κ1) is 8.37. The molecule has 3 heteroatoms. The molecule has 0 amide bonds. The van der Waals surface area contributed by atoms with E-state index < -0.39 is 0 Å². The fraction of sp³-hybridized carbons (Fsp3) is 1.00. The zero-order chi connectivity index (χ0) is 7.40. The number of thioether (sulfide) groups is 1. The third kappa shape index (κ3) is 2.48. The van der Waals surface area contributed by atoms with Crippen molar-refractivity contribution >= 4 is 11.8 Å². The number of hydrogen-bond donors (Lipinski definition) is 1. The first-order valence-electron chi connectivity index (χ1n) is 3.77. The molecule has 0 aliphatic carbocycles. The van der Waals surface area contributed by atoms with Gasteiger partial charge in [0.15, 0.2) is 0 Å². The van der Waals surface area contributed by atoms with Crippen LogP contribution >= 0.6 is 11.8 Å². The molecule has 1 heterocycles. The average Bonchev–Trinajstić information content (AvgIpc) is 1.92. The van der Waals surface area contributed by atoms with Crippen LogP contribution in [0.4, 0.5) is 0 Å². The van der Waals surface area contributed by atoms with Crippen molar-refractivity contribution in [3.63, 3.8) is 0 Å². The van der Waals surface area contributed by atoms with Gasteiger partial charge in [0, 0.05) is 12.3 Å². The van der Waals surface area contributed by atoms with Gasteiger partial charge in [-0.3, -0.25) is 4.90 Å². The van der Waals surface area contributed by atoms with Crippen LogP contribution in [0.5, 0.6) is 0 Å². The summed E-state index contributed by atoms with van der Waals surface area (Å²) >= 11 is 1.85. The van der Waals surface area contributed by atoms with Gasteiger partial charge in [-0.1, -0.05) is 0 Å². The largest absolute Gasteiger partial charge is 0.378 e. The molecule has 1 saturated heterocycles. The summed E-state index contributed by atoms with van der Waals surface area (Å²) in [6.07, 6.45) is 2.30. The van der Waals surface area contributed by atoms with Crippen molar-refractivity contribution < 1.29 is 5.11 Å².